The van der Waals surface area contributed by atoms with Gasteiger partial charge in [-0.2, -0.15) is 0 Å². The summed E-state index contributed by atoms with van der Waals surface area (Å²) in [6, 6.07) is 1.38. The quantitative estimate of drug-likeness (QED) is 0.858. The maximum atomic E-state index is 8.94. The molecule has 2 aliphatic rings. The molecule has 0 amide bonds. The average Bonchev–Trinajstić information content (AvgIpc) is 2.92. The number of hydrogen-bond acceptors (Lipinski definition) is 5. The summed E-state index contributed by atoms with van der Waals surface area (Å²) in [5, 5.41) is 16.8. The Labute approximate surface area is 101 Å². The van der Waals surface area contributed by atoms with E-state index in [-0.39, 0.29) is 6.61 Å². The van der Waals surface area contributed by atoms with E-state index < -0.39 is 0 Å². The summed E-state index contributed by atoms with van der Waals surface area (Å²) in [5.41, 5.74) is 0. The van der Waals surface area contributed by atoms with Crippen LogP contribution in [0.3, 0.4) is 0 Å². The Morgan fingerprint density at radius 3 is 2.53 bits per heavy atom. The van der Waals surface area contributed by atoms with Gasteiger partial charge in [0.25, 0.3) is 0 Å². The lowest BCUT2D eigenvalue weighted by Gasteiger charge is -2.36. The minimum Gasteiger partial charge on any atom is -0.422 e. The van der Waals surface area contributed by atoms with Crippen molar-refractivity contribution in [1.82, 2.24) is 15.1 Å². The number of rotatable bonds is 3. The van der Waals surface area contributed by atoms with Crippen molar-refractivity contribution in [3.05, 3.63) is 11.8 Å². The maximum absolute atomic E-state index is 8.94. The van der Waals surface area contributed by atoms with Crippen LogP contribution in [-0.2, 0) is 6.61 Å². The number of nitrogens with zero attached hydrogens (tertiary/aromatic N) is 3. The second-order valence-corrected chi connectivity index (χ2v) is 5.08. The van der Waals surface area contributed by atoms with E-state index in [1.807, 2.05) is 0 Å². The van der Waals surface area contributed by atoms with E-state index in [1.165, 1.54) is 12.8 Å². The minimum absolute atomic E-state index is 0.159. The first-order valence-corrected chi connectivity index (χ1v) is 6.50. The van der Waals surface area contributed by atoms with Crippen molar-refractivity contribution in [3.63, 3.8) is 0 Å². The Morgan fingerprint density at radius 2 is 2.00 bits per heavy atom. The first-order chi connectivity index (χ1) is 8.31. The van der Waals surface area contributed by atoms with Gasteiger partial charge in [-0.25, -0.2) is 0 Å². The van der Waals surface area contributed by atoms with Crippen LogP contribution in [0.4, 0.5) is 0 Å². The molecule has 0 aliphatic carbocycles. The van der Waals surface area contributed by atoms with Gasteiger partial charge in [0.15, 0.2) is 0 Å². The predicted octanol–water partition coefficient (Wildman–Crippen LogP) is 1.29. The van der Waals surface area contributed by atoms with Crippen LogP contribution in [0, 0.1) is 0 Å². The van der Waals surface area contributed by atoms with Crippen LogP contribution in [0.2, 0.25) is 0 Å². The largest absolute Gasteiger partial charge is 0.422 e. The lowest BCUT2D eigenvalue weighted by atomic mass is 9.90. The van der Waals surface area contributed by atoms with Crippen LogP contribution in [0.15, 0.2) is 4.42 Å². The van der Waals surface area contributed by atoms with Crippen LogP contribution in [-0.4, -0.2) is 38.8 Å². The molecule has 1 aromatic heterocycles. The Kier molecular flexibility index (Phi) is 2.88. The van der Waals surface area contributed by atoms with Gasteiger partial charge in [0.1, 0.15) is 6.61 Å². The van der Waals surface area contributed by atoms with E-state index in [0.29, 0.717) is 23.9 Å². The summed E-state index contributed by atoms with van der Waals surface area (Å²) in [4.78, 5) is 2.61. The standard InChI is InChI=1S/C12H19N3O2/c1-2-15-9-3-4-10(15)6-8(5-9)12-14-13-11(7-16)17-12/h8-10,16H,2-7H2,1H3. The molecule has 0 spiro atoms. The fraction of sp³-hybridized carbons (Fsp3) is 0.833. The van der Waals surface area contributed by atoms with E-state index >= 15 is 0 Å². The third-order valence-corrected chi connectivity index (χ3v) is 4.22. The van der Waals surface area contributed by atoms with E-state index in [4.69, 9.17) is 9.52 Å². The van der Waals surface area contributed by atoms with Gasteiger partial charge in [-0.1, -0.05) is 6.92 Å². The molecule has 1 aromatic rings. The molecule has 94 valence electrons. The lowest BCUT2D eigenvalue weighted by Crippen LogP contribution is -2.41. The molecule has 3 rings (SSSR count). The summed E-state index contributed by atoms with van der Waals surface area (Å²) in [6.45, 7) is 3.23. The van der Waals surface area contributed by atoms with Gasteiger partial charge in [-0.15, -0.1) is 10.2 Å². The summed E-state index contributed by atoms with van der Waals surface area (Å²) in [5.74, 6) is 1.45. The molecule has 2 aliphatic heterocycles. The molecule has 0 aromatic carbocycles. The Hall–Kier alpha value is -0.940. The number of aliphatic hydroxyl groups is 1. The molecule has 2 unspecified atom stereocenters. The van der Waals surface area contributed by atoms with Crippen molar-refractivity contribution in [2.75, 3.05) is 6.54 Å². The summed E-state index contributed by atoms with van der Waals surface area (Å²) in [7, 11) is 0. The highest BCUT2D eigenvalue weighted by atomic mass is 16.4. The summed E-state index contributed by atoms with van der Waals surface area (Å²) in [6.07, 6.45) is 4.85. The molecule has 0 saturated carbocycles. The zero-order valence-corrected chi connectivity index (χ0v) is 10.2. The SMILES string of the molecule is CCN1C2CCC1CC(c1nnc(CO)o1)C2. The molecule has 5 heteroatoms. The van der Waals surface area contributed by atoms with Gasteiger partial charge in [0, 0.05) is 18.0 Å². The smallest absolute Gasteiger partial charge is 0.241 e. The van der Waals surface area contributed by atoms with Crippen molar-refractivity contribution >= 4 is 0 Å². The zero-order chi connectivity index (χ0) is 11.8. The van der Waals surface area contributed by atoms with Crippen molar-refractivity contribution in [2.45, 2.75) is 57.2 Å². The van der Waals surface area contributed by atoms with E-state index in [2.05, 4.69) is 22.0 Å². The molecule has 2 atom stereocenters. The number of aliphatic hydroxyl groups excluding tert-OH is 1. The molecule has 5 nitrogen and oxygen atoms in total. The number of piperidine rings is 1. The average molecular weight is 237 g/mol. The lowest BCUT2D eigenvalue weighted by molar-refractivity contribution is 0.124. The monoisotopic (exact) mass is 237 g/mol. The third kappa shape index (κ3) is 1.87. The highest BCUT2D eigenvalue weighted by Crippen LogP contribution is 2.42. The fourth-order valence-corrected chi connectivity index (χ4v) is 3.49. The highest BCUT2D eigenvalue weighted by molar-refractivity contribution is 5.03. The van der Waals surface area contributed by atoms with E-state index in [9.17, 15) is 0 Å². The topological polar surface area (TPSA) is 62.4 Å². The second-order valence-electron chi connectivity index (χ2n) is 5.08. The van der Waals surface area contributed by atoms with Crippen LogP contribution < -0.4 is 0 Å². The van der Waals surface area contributed by atoms with E-state index in [1.54, 1.807) is 0 Å². The van der Waals surface area contributed by atoms with Gasteiger partial charge in [0.2, 0.25) is 11.8 Å². The Morgan fingerprint density at radius 1 is 1.29 bits per heavy atom. The van der Waals surface area contributed by atoms with Gasteiger partial charge >= 0.3 is 0 Å². The third-order valence-electron chi connectivity index (χ3n) is 4.22. The molecular formula is C12H19N3O2. The first-order valence-electron chi connectivity index (χ1n) is 6.50. The predicted molar refractivity (Wildman–Crippen MR) is 61.4 cm³/mol. The van der Waals surface area contributed by atoms with Crippen molar-refractivity contribution in [1.29, 1.82) is 0 Å². The van der Waals surface area contributed by atoms with Gasteiger partial charge < -0.3 is 9.52 Å². The molecule has 3 heterocycles. The maximum Gasteiger partial charge on any atom is 0.241 e. The van der Waals surface area contributed by atoms with Crippen LogP contribution in [0.25, 0.3) is 0 Å². The highest BCUT2D eigenvalue weighted by Gasteiger charge is 2.41. The summed E-state index contributed by atoms with van der Waals surface area (Å²) < 4.78 is 5.47. The Bertz CT molecular complexity index is 379. The Balaban J connectivity index is 1.75. The number of aromatic nitrogens is 2. The molecule has 17 heavy (non-hydrogen) atoms. The molecule has 2 fully saturated rings. The zero-order valence-electron chi connectivity index (χ0n) is 10.2. The van der Waals surface area contributed by atoms with Gasteiger partial charge in [0.05, 0.1) is 0 Å². The molecular weight excluding hydrogens is 218 g/mol. The molecule has 2 bridgehead atoms. The second kappa shape index (κ2) is 4.38. The van der Waals surface area contributed by atoms with Gasteiger partial charge in [-0.05, 0) is 32.2 Å². The van der Waals surface area contributed by atoms with Crippen molar-refractivity contribution in [3.8, 4) is 0 Å². The van der Waals surface area contributed by atoms with Crippen LogP contribution >= 0.6 is 0 Å². The first kappa shape index (κ1) is 11.2. The van der Waals surface area contributed by atoms with E-state index in [0.717, 1.165) is 25.3 Å². The number of hydrogen-bond donors (Lipinski definition) is 1. The fourth-order valence-electron chi connectivity index (χ4n) is 3.49. The van der Waals surface area contributed by atoms with Crippen LogP contribution in [0.5, 0.6) is 0 Å². The number of fused-ring (bicyclic) bond motifs is 2. The van der Waals surface area contributed by atoms with Crippen molar-refractivity contribution < 1.29 is 9.52 Å². The van der Waals surface area contributed by atoms with Gasteiger partial charge in [-0.3, -0.25) is 4.90 Å². The molecule has 1 N–H and O–H groups in total. The minimum atomic E-state index is -0.159. The normalized spacial score (nSPS) is 33.2. The van der Waals surface area contributed by atoms with Crippen molar-refractivity contribution in [2.24, 2.45) is 0 Å². The molecule has 0 radical (unpaired) electrons. The van der Waals surface area contributed by atoms with Crippen LogP contribution in [0.1, 0.15) is 50.3 Å². The molecule has 2 saturated heterocycles. The summed E-state index contributed by atoms with van der Waals surface area (Å²) >= 11 is 0.